The first-order valence-corrected chi connectivity index (χ1v) is 21.7. The van der Waals surface area contributed by atoms with E-state index in [2.05, 4.69) is 146 Å². The number of para-hydroxylation sites is 4. The molecule has 0 amide bonds. The van der Waals surface area contributed by atoms with Crippen LogP contribution in [0.4, 0.5) is 34.1 Å². The van der Waals surface area contributed by atoms with Gasteiger partial charge < -0.3 is 14.4 Å². The third-order valence-electron chi connectivity index (χ3n) is 13.7. The van der Waals surface area contributed by atoms with Crippen molar-refractivity contribution < 1.29 is 13.7 Å². The topological polar surface area (TPSA) is 11.4 Å². The number of aromatic nitrogens is 1. The summed E-state index contributed by atoms with van der Waals surface area (Å²) in [5.41, 5.74) is 11.1. The number of benzene rings is 9. The van der Waals surface area contributed by atoms with Gasteiger partial charge in [0.25, 0.3) is 6.71 Å². The van der Waals surface area contributed by atoms with Crippen molar-refractivity contribution in [2.75, 3.05) is 9.80 Å². The van der Waals surface area contributed by atoms with Crippen LogP contribution in [0.3, 0.4) is 0 Å². The molecule has 3 nitrogen and oxygen atoms in total. The molecule has 0 spiro atoms. The molecule has 306 valence electrons. The van der Waals surface area contributed by atoms with Crippen LogP contribution in [0.2, 0.25) is 0 Å². The maximum Gasteiger partial charge on any atom is 0.252 e. The highest BCUT2D eigenvalue weighted by Crippen LogP contribution is 2.47. The van der Waals surface area contributed by atoms with Crippen LogP contribution < -0.4 is 26.2 Å². The molecule has 0 N–H and O–H groups in total. The zero-order valence-corrected chi connectivity index (χ0v) is 35.9. The van der Waals surface area contributed by atoms with E-state index in [1.807, 2.05) is 48.5 Å². The predicted octanol–water partition coefficient (Wildman–Crippen LogP) is 13.5. The van der Waals surface area contributed by atoms with Gasteiger partial charge in [-0.05, 0) is 99.2 Å². The second kappa shape index (κ2) is 14.5. The molecule has 64 heavy (non-hydrogen) atoms. The lowest BCUT2D eigenvalue weighted by molar-refractivity contribution is 0.640. The van der Waals surface area contributed by atoms with Gasteiger partial charge in [0, 0.05) is 61.2 Å². The van der Waals surface area contributed by atoms with Gasteiger partial charge in [0.2, 0.25) is 0 Å². The van der Waals surface area contributed by atoms with Crippen LogP contribution in [-0.4, -0.2) is 11.3 Å². The fraction of sp³-hybridized carbons (Fsp3) is 0.100. The Hall–Kier alpha value is -7.56. The highest BCUT2D eigenvalue weighted by Gasteiger charge is 2.43. The minimum Gasteiger partial charge on any atom is -0.311 e. The third-order valence-corrected chi connectivity index (χ3v) is 13.7. The number of nitrogens with zero attached hydrogens (tertiary/aromatic N) is 3. The van der Waals surface area contributed by atoms with Crippen LogP contribution >= 0.6 is 0 Å². The Balaban J connectivity index is 1.26. The summed E-state index contributed by atoms with van der Waals surface area (Å²) in [4.78, 5) is 3.54. The summed E-state index contributed by atoms with van der Waals surface area (Å²) in [6.45, 7) is 8.53. The van der Waals surface area contributed by atoms with E-state index in [0.717, 1.165) is 77.5 Å². The highest BCUT2D eigenvalue weighted by atomic mass is 15.2. The first-order valence-electron chi connectivity index (χ1n) is 26.7. The lowest BCUT2D eigenvalue weighted by Gasteiger charge is -2.42. The van der Waals surface area contributed by atoms with Crippen LogP contribution in [0, 0.1) is 0 Å². The number of fused-ring (bicyclic) bond motifs is 7. The Kier molecular flexibility index (Phi) is 6.56. The van der Waals surface area contributed by atoms with Gasteiger partial charge in [-0.3, -0.25) is 0 Å². The molecule has 0 radical (unpaired) electrons. The fourth-order valence-electron chi connectivity index (χ4n) is 10.3. The van der Waals surface area contributed by atoms with E-state index in [-0.39, 0.29) is 23.8 Å². The molecule has 0 aliphatic carbocycles. The van der Waals surface area contributed by atoms with Crippen molar-refractivity contribution in [1.29, 1.82) is 0 Å². The van der Waals surface area contributed by atoms with E-state index in [0.29, 0.717) is 5.69 Å². The van der Waals surface area contributed by atoms with E-state index < -0.39 is 71.3 Å². The number of rotatable bonds is 8. The molecule has 10 aromatic rings. The Bertz CT molecular complexity index is 3880. The minimum absolute atomic E-state index is 0.217. The smallest absolute Gasteiger partial charge is 0.252 e. The van der Waals surface area contributed by atoms with Crippen LogP contribution in [0.15, 0.2) is 218 Å². The van der Waals surface area contributed by atoms with Gasteiger partial charge in [-0.1, -0.05) is 185 Å². The van der Waals surface area contributed by atoms with Crippen molar-refractivity contribution in [3.05, 3.63) is 240 Å². The van der Waals surface area contributed by atoms with Crippen molar-refractivity contribution in [3.8, 4) is 5.69 Å². The number of anilines is 6. The summed E-state index contributed by atoms with van der Waals surface area (Å²) >= 11 is 0. The van der Waals surface area contributed by atoms with E-state index in [4.69, 9.17) is 8.22 Å². The lowest BCUT2D eigenvalue weighted by Crippen LogP contribution is -2.60. The van der Waals surface area contributed by atoms with E-state index >= 15 is 0 Å². The molecule has 3 heterocycles. The molecule has 2 aliphatic heterocycles. The summed E-state index contributed by atoms with van der Waals surface area (Å²) in [6.07, 6.45) is 0. The zero-order chi connectivity index (χ0) is 51.9. The molecule has 1 aromatic heterocycles. The molecule has 0 bridgehead atoms. The minimum atomic E-state index is -0.633. The molecule has 0 atom stereocenters. The number of hydrogen-bond donors (Lipinski definition) is 0. The molecule has 2 aliphatic rings. The summed E-state index contributed by atoms with van der Waals surface area (Å²) < 4.78 is 92.9. The molecule has 9 aromatic carbocycles. The average Bonchev–Trinajstić information content (AvgIpc) is 3.77. The summed E-state index contributed by atoms with van der Waals surface area (Å²) in [5, 5.41) is 2.05. The molecule has 0 unspecified atom stereocenters. The monoisotopic (exact) mass is 831 g/mol. The zero-order valence-electron chi connectivity index (χ0n) is 45.9. The van der Waals surface area contributed by atoms with Gasteiger partial charge in [-0.25, -0.2) is 0 Å². The van der Waals surface area contributed by atoms with E-state index in [1.165, 1.54) is 4.90 Å². The van der Waals surface area contributed by atoms with Crippen LogP contribution in [0.25, 0.3) is 27.5 Å². The predicted molar refractivity (Wildman–Crippen MR) is 272 cm³/mol. The molecule has 0 saturated carbocycles. The van der Waals surface area contributed by atoms with Gasteiger partial charge >= 0.3 is 0 Å². The maximum absolute atomic E-state index is 9.45. The SMILES string of the molecule is [2H]c1c([2H])c([2H])c(N(c2cc3c4c(c2)-n2c5ccccc5c5cccc(c52)B4c2ccc(C(C)(C)c4ccccc4)cc2N3c2cccc(C(C)(C)c3ccccc3)c2)c2c([2H])c([2H])c([2H])c([2H])c2[2H])c([2H])c1[2H]. The van der Waals surface area contributed by atoms with Crippen molar-refractivity contribution in [1.82, 2.24) is 4.57 Å². The van der Waals surface area contributed by atoms with Gasteiger partial charge in [-0.15, -0.1) is 0 Å². The second-order valence-corrected chi connectivity index (χ2v) is 17.9. The van der Waals surface area contributed by atoms with Crippen LogP contribution in [0.1, 0.15) is 63.7 Å². The van der Waals surface area contributed by atoms with Gasteiger partial charge in [-0.2, -0.15) is 0 Å². The quantitative estimate of drug-likeness (QED) is 0.141. The molecule has 4 heteroatoms. The van der Waals surface area contributed by atoms with E-state index in [9.17, 15) is 5.48 Å². The normalized spacial score (nSPS) is 15.1. The fourth-order valence-corrected chi connectivity index (χ4v) is 10.3. The molecule has 0 saturated heterocycles. The summed E-state index contributed by atoms with van der Waals surface area (Å²) in [5.74, 6) is 0. The van der Waals surface area contributed by atoms with E-state index in [1.54, 1.807) is 0 Å². The van der Waals surface area contributed by atoms with Crippen molar-refractivity contribution in [3.63, 3.8) is 0 Å². The van der Waals surface area contributed by atoms with Crippen molar-refractivity contribution >= 4 is 79.0 Å². The Morgan fingerprint density at radius 2 is 1.02 bits per heavy atom. The number of hydrogen-bond acceptors (Lipinski definition) is 2. The standard InChI is InChI=1S/C60H48BN3/c1-59(2,41-21-9-5-10-22-41)43-25-19-30-47(37-43)63-54-38-44(60(3,4)42-23-11-6-12-24-42)35-36-51(54)61-52-33-20-32-50-49-31-17-18-34-53(49)64(58(50)52)56-40-48(39-55(63)57(56)61)62(45-26-13-7-14-27-45)46-28-15-8-16-29-46/h5-40H,1-4H3/i7D,8D,13D,14D,15D,16D,26D,27D,28D,29D. The summed E-state index contributed by atoms with van der Waals surface area (Å²) in [6, 6.07) is 48.3. The lowest BCUT2D eigenvalue weighted by atomic mass is 9.33. The summed E-state index contributed by atoms with van der Waals surface area (Å²) in [7, 11) is 0. The Labute approximate surface area is 390 Å². The molecule has 0 fully saturated rings. The van der Waals surface area contributed by atoms with Crippen LogP contribution in [0.5, 0.6) is 0 Å². The Morgan fingerprint density at radius 1 is 0.453 bits per heavy atom. The molecular formula is C60H48BN3. The van der Waals surface area contributed by atoms with Gasteiger partial charge in [0.15, 0.2) is 0 Å². The first kappa shape index (κ1) is 28.9. The maximum atomic E-state index is 9.45. The van der Waals surface area contributed by atoms with Crippen molar-refractivity contribution in [2.24, 2.45) is 0 Å². The largest absolute Gasteiger partial charge is 0.311 e. The first-order chi connectivity index (χ1) is 35.4. The van der Waals surface area contributed by atoms with Crippen LogP contribution in [-0.2, 0) is 10.8 Å². The van der Waals surface area contributed by atoms with Crippen molar-refractivity contribution in [2.45, 2.75) is 38.5 Å². The van der Waals surface area contributed by atoms with Gasteiger partial charge in [0.1, 0.15) is 0 Å². The second-order valence-electron chi connectivity index (χ2n) is 17.9. The molecular weight excluding hydrogens is 773 g/mol. The van der Waals surface area contributed by atoms with Gasteiger partial charge in [0.05, 0.1) is 24.9 Å². The Morgan fingerprint density at radius 3 is 1.69 bits per heavy atom. The molecule has 12 rings (SSSR count). The average molecular weight is 832 g/mol. The highest BCUT2D eigenvalue weighted by molar-refractivity contribution is 7.00. The third kappa shape index (κ3) is 5.75.